The van der Waals surface area contributed by atoms with Gasteiger partial charge in [0.2, 0.25) is 0 Å². The number of thiophene rings is 1. The van der Waals surface area contributed by atoms with E-state index < -0.39 is 11.9 Å². The van der Waals surface area contributed by atoms with Crippen molar-refractivity contribution in [1.82, 2.24) is 0 Å². The molecule has 0 spiro atoms. The number of phenolic OH excluding ortho intramolecular Hbond substituents is 1. The van der Waals surface area contributed by atoms with Gasteiger partial charge in [0.25, 0.3) is 5.91 Å². The molecule has 1 aromatic heterocycles. The minimum Gasteiger partial charge on any atom is -0.507 e. The van der Waals surface area contributed by atoms with Gasteiger partial charge in [0.15, 0.2) is 0 Å². The van der Waals surface area contributed by atoms with Crippen LogP contribution in [0.3, 0.4) is 0 Å². The summed E-state index contributed by atoms with van der Waals surface area (Å²) in [4.78, 5) is 22.9. The lowest BCUT2D eigenvalue weighted by Crippen LogP contribution is -2.13. The van der Waals surface area contributed by atoms with E-state index in [4.69, 9.17) is 5.11 Å². The van der Waals surface area contributed by atoms with Crippen molar-refractivity contribution in [3.63, 3.8) is 0 Å². The van der Waals surface area contributed by atoms with Gasteiger partial charge in [-0.05, 0) is 29.6 Å². The third kappa shape index (κ3) is 2.94. The topological polar surface area (TPSA) is 86.6 Å². The number of nitrogens with one attached hydrogen (secondary N) is 1. The first-order valence-electron chi connectivity index (χ1n) is 5.09. The third-order valence-electron chi connectivity index (χ3n) is 2.33. The van der Waals surface area contributed by atoms with Crippen molar-refractivity contribution in [3.8, 4) is 5.75 Å². The van der Waals surface area contributed by atoms with Gasteiger partial charge in [-0.2, -0.15) is 0 Å². The highest BCUT2D eigenvalue weighted by Gasteiger charge is 2.17. The molecule has 0 unspecified atom stereocenters. The van der Waals surface area contributed by atoms with Crippen LogP contribution in [-0.4, -0.2) is 22.1 Å². The number of aromatic carboxylic acids is 1. The molecule has 0 saturated heterocycles. The monoisotopic (exact) mass is 341 g/mol. The van der Waals surface area contributed by atoms with Gasteiger partial charge in [-0.25, -0.2) is 4.79 Å². The molecular formula is C12H8BrNO4S. The summed E-state index contributed by atoms with van der Waals surface area (Å²) in [5.41, 5.74) is 0.0898. The van der Waals surface area contributed by atoms with Crippen LogP contribution < -0.4 is 5.32 Å². The number of carbonyl (C=O) groups is 2. The molecule has 0 radical (unpaired) electrons. The molecule has 5 nitrogen and oxygen atoms in total. The van der Waals surface area contributed by atoms with E-state index in [2.05, 4.69) is 21.2 Å². The smallest absolute Gasteiger partial charge is 0.338 e. The maximum Gasteiger partial charge on any atom is 0.338 e. The first kappa shape index (κ1) is 13.6. The summed E-state index contributed by atoms with van der Waals surface area (Å²) < 4.78 is 0.639. The van der Waals surface area contributed by atoms with Gasteiger partial charge in [-0.1, -0.05) is 15.9 Å². The average Bonchev–Trinajstić information content (AvgIpc) is 2.80. The molecule has 0 aliphatic rings. The molecule has 0 aliphatic carbocycles. The number of phenols is 1. The summed E-state index contributed by atoms with van der Waals surface area (Å²) in [5, 5.41) is 22.8. The predicted octanol–water partition coefficient (Wildman–Crippen LogP) is 3.17. The zero-order valence-electron chi connectivity index (χ0n) is 9.38. The Balaban J connectivity index is 2.28. The lowest BCUT2D eigenvalue weighted by Gasteiger charge is -2.06. The number of benzene rings is 1. The Morgan fingerprint density at radius 2 is 1.95 bits per heavy atom. The summed E-state index contributed by atoms with van der Waals surface area (Å²) in [6.45, 7) is 0. The molecule has 1 amide bonds. The SMILES string of the molecule is O=C(Nc1sccc1C(=O)O)c1cc(Br)ccc1O. The van der Waals surface area contributed by atoms with Gasteiger partial charge in [0, 0.05) is 4.47 Å². The van der Waals surface area contributed by atoms with Crippen molar-refractivity contribution in [2.45, 2.75) is 0 Å². The highest BCUT2D eigenvalue weighted by molar-refractivity contribution is 9.10. The van der Waals surface area contributed by atoms with E-state index in [0.717, 1.165) is 11.3 Å². The van der Waals surface area contributed by atoms with Gasteiger partial charge >= 0.3 is 5.97 Å². The van der Waals surface area contributed by atoms with Gasteiger partial charge in [0.1, 0.15) is 10.8 Å². The second-order valence-electron chi connectivity index (χ2n) is 3.58. The summed E-state index contributed by atoms with van der Waals surface area (Å²) >= 11 is 4.30. The van der Waals surface area contributed by atoms with Crippen molar-refractivity contribution in [2.24, 2.45) is 0 Å². The molecule has 1 heterocycles. The van der Waals surface area contributed by atoms with Gasteiger partial charge < -0.3 is 15.5 Å². The number of carbonyl (C=O) groups excluding carboxylic acids is 1. The molecule has 19 heavy (non-hydrogen) atoms. The standard InChI is InChI=1S/C12H8BrNO4S/c13-6-1-2-9(15)8(5-6)10(16)14-11-7(12(17)18)3-4-19-11/h1-5,15H,(H,14,16)(H,17,18). The fraction of sp³-hybridized carbons (Fsp3) is 0. The molecular weight excluding hydrogens is 334 g/mol. The van der Waals surface area contributed by atoms with E-state index in [1.165, 1.54) is 18.2 Å². The molecule has 2 rings (SSSR count). The van der Waals surface area contributed by atoms with Gasteiger partial charge in [-0.3, -0.25) is 4.79 Å². The Morgan fingerprint density at radius 1 is 1.21 bits per heavy atom. The summed E-state index contributed by atoms with van der Waals surface area (Å²) in [6.07, 6.45) is 0. The molecule has 3 N–H and O–H groups in total. The number of rotatable bonds is 3. The lowest BCUT2D eigenvalue weighted by atomic mass is 10.2. The van der Waals surface area contributed by atoms with Crippen LogP contribution in [0, 0.1) is 0 Å². The highest BCUT2D eigenvalue weighted by atomic mass is 79.9. The Labute approximate surface area is 120 Å². The number of amides is 1. The van der Waals surface area contributed by atoms with Crippen LogP contribution >= 0.6 is 27.3 Å². The largest absolute Gasteiger partial charge is 0.507 e. The second kappa shape index (κ2) is 5.41. The van der Waals surface area contributed by atoms with Crippen LogP contribution in [0.15, 0.2) is 34.1 Å². The first-order valence-corrected chi connectivity index (χ1v) is 6.77. The third-order valence-corrected chi connectivity index (χ3v) is 3.65. The molecule has 0 saturated carbocycles. The molecule has 0 aliphatic heterocycles. The van der Waals surface area contributed by atoms with Crippen molar-refractivity contribution in [2.75, 3.05) is 5.32 Å². The van der Waals surface area contributed by atoms with E-state index in [-0.39, 0.29) is 21.9 Å². The summed E-state index contributed by atoms with van der Waals surface area (Å²) in [6, 6.07) is 5.84. The van der Waals surface area contributed by atoms with E-state index in [1.807, 2.05) is 0 Å². The first-order chi connectivity index (χ1) is 8.99. The molecule has 0 fully saturated rings. The second-order valence-corrected chi connectivity index (χ2v) is 5.42. The number of carboxylic acid groups (broad SMARTS) is 1. The molecule has 1 aromatic carbocycles. The van der Waals surface area contributed by atoms with Crippen LogP contribution in [0.4, 0.5) is 5.00 Å². The van der Waals surface area contributed by atoms with E-state index in [0.29, 0.717) is 4.47 Å². The number of anilines is 1. The van der Waals surface area contributed by atoms with Crippen molar-refractivity contribution >= 4 is 44.1 Å². The summed E-state index contributed by atoms with van der Waals surface area (Å²) in [7, 11) is 0. The van der Waals surface area contributed by atoms with Crippen LogP contribution in [0.1, 0.15) is 20.7 Å². The number of hydrogen-bond donors (Lipinski definition) is 3. The number of carboxylic acids is 1. The quantitative estimate of drug-likeness (QED) is 0.800. The van der Waals surface area contributed by atoms with Crippen LogP contribution in [-0.2, 0) is 0 Å². The Morgan fingerprint density at radius 3 is 2.63 bits per heavy atom. The zero-order valence-corrected chi connectivity index (χ0v) is 11.8. The Hall–Kier alpha value is -1.86. The number of hydrogen-bond acceptors (Lipinski definition) is 4. The van der Waals surface area contributed by atoms with Crippen molar-refractivity contribution in [1.29, 1.82) is 0 Å². The van der Waals surface area contributed by atoms with E-state index in [1.54, 1.807) is 11.4 Å². The lowest BCUT2D eigenvalue weighted by molar-refractivity contribution is 0.0698. The molecule has 0 atom stereocenters. The maximum absolute atomic E-state index is 12.0. The fourth-order valence-corrected chi connectivity index (χ4v) is 2.57. The van der Waals surface area contributed by atoms with Crippen molar-refractivity contribution in [3.05, 3.63) is 45.2 Å². The zero-order chi connectivity index (χ0) is 14.0. The molecule has 2 aromatic rings. The minimum absolute atomic E-state index is 0.0211. The maximum atomic E-state index is 12.0. The van der Waals surface area contributed by atoms with Gasteiger partial charge in [0.05, 0.1) is 11.1 Å². The number of aromatic hydroxyl groups is 1. The van der Waals surface area contributed by atoms with Crippen LogP contribution in [0.2, 0.25) is 0 Å². The molecule has 0 bridgehead atoms. The average molecular weight is 342 g/mol. The fourth-order valence-electron chi connectivity index (χ4n) is 1.44. The van der Waals surface area contributed by atoms with E-state index >= 15 is 0 Å². The Kier molecular flexibility index (Phi) is 3.87. The molecule has 7 heteroatoms. The highest BCUT2D eigenvalue weighted by Crippen LogP contribution is 2.26. The normalized spacial score (nSPS) is 10.2. The number of halogens is 1. The minimum atomic E-state index is -1.12. The van der Waals surface area contributed by atoms with Crippen LogP contribution in [0.25, 0.3) is 0 Å². The van der Waals surface area contributed by atoms with Gasteiger partial charge in [-0.15, -0.1) is 11.3 Å². The summed E-state index contributed by atoms with van der Waals surface area (Å²) in [5.74, 6) is -1.85. The Bertz CT molecular complexity index is 653. The van der Waals surface area contributed by atoms with Crippen molar-refractivity contribution < 1.29 is 19.8 Å². The van der Waals surface area contributed by atoms with Crippen LogP contribution in [0.5, 0.6) is 5.75 Å². The van der Waals surface area contributed by atoms with E-state index in [9.17, 15) is 14.7 Å². The molecule has 98 valence electrons. The predicted molar refractivity (Wildman–Crippen MR) is 75.0 cm³/mol.